The molecule has 0 aromatic heterocycles. The molecule has 0 aliphatic rings. The number of allylic oxidation sites excluding steroid dienone is 1. The molecule has 0 aliphatic carbocycles. The predicted octanol–water partition coefficient (Wildman–Crippen LogP) is 1.48. The van der Waals surface area contributed by atoms with Crippen LogP contribution in [0.3, 0.4) is 0 Å². The lowest BCUT2D eigenvalue weighted by atomic mass is 10.2. The summed E-state index contributed by atoms with van der Waals surface area (Å²) in [6.45, 7) is 0.392. The quantitative estimate of drug-likeness (QED) is 0.543. The first-order valence-corrected chi connectivity index (χ1v) is 3.97. The molecule has 2 nitrogen and oxygen atoms in total. The van der Waals surface area contributed by atoms with Crippen LogP contribution in [0.4, 0.5) is 0 Å². The third-order valence-electron chi connectivity index (χ3n) is 1.38. The smallest absolute Gasteiger partial charge is 0.0869 e. The molecule has 0 aliphatic heterocycles. The summed E-state index contributed by atoms with van der Waals surface area (Å²) in [6, 6.07) is 9.79. The van der Waals surface area contributed by atoms with Gasteiger partial charge in [-0.3, -0.25) is 0 Å². The molecular weight excluding hydrogens is 162 g/mol. The van der Waals surface area contributed by atoms with Gasteiger partial charge in [-0.15, -0.1) is 0 Å². The molecule has 0 heterocycles. The van der Waals surface area contributed by atoms with E-state index in [1.807, 2.05) is 30.3 Å². The van der Waals surface area contributed by atoms with E-state index >= 15 is 0 Å². The number of hydrogen-bond donors (Lipinski definition) is 1. The molecule has 13 heavy (non-hydrogen) atoms. The van der Waals surface area contributed by atoms with Gasteiger partial charge >= 0.3 is 0 Å². The Bertz CT molecular complexity index is 319. The Labute approximate surface area is 78.0 Å². The van der Waals surface area contributed by atoms with Gasteiger partial charge in [0.05, 0.1) is 6.61 Å². The van der Waals surface area contributed by atoms with Gasteiger partial charge in [-0.2, -0.15) is 0 Å². The summed E-state index contributed by atoms with van der Waals surface area (Å²) >= 11 is 0. The zero-order valence-electron chi connectivity index (χ0n) is 7.23. The van der Waals surface area contributed by atoms with Crippen LogP contribution in [0.2, 0.25) is 0 Å². The van der Waals surface area contributed by atoms with E-state index in [0.717, 1.165) is 5.56 Å². The predicted molar refractivity (Wildman–Crippen MR) is 52.6 cm³/mol. The molecule has 1 aromatic rings. The summed E-state index contributed by atoms with van der Waals surface area (Å²) in [7, 11) is 0. The summed E-state index contributed by atoms with van der Waals surface area (Å²) in [5, 5.41) is 0. The summed E-state index contributed by atoms with van der Waals surface area (Å²) in [4.78, 5) is 4.34. The van der Waals surface area contributed by atoms with Gasteiger partial charge < -0.3 is 4.84 Å². The van der Waals surface area contributed by atoms with Crippen LogP contribution >= 0.6 is 0 Å². The summed E-state index contributed by atoms with van der Waals surface area (Å²) in [5.41, 5.74) is 1.00. The highest BCUT2D eigenvalue weighted by molar-refractivity contribution is 5.36. The van der Waals surface area contributed by atoms with Gasteiger partial charge in [0.2, 0.25) is 0 Å². The summed E-state index contributed by atoms with van der Waals surface area (Å²) < 4.78 is 0. The lowest BCUT2D eigenvalue weighted by molar-refractivity contribution is 0.168. The van der Waals surface area contributed by atoms with Crippen molar-refractivity contribution in [2.24, 2.45) is 5.90 Å². The Balaban J connectivity index is 2.49. The van der Waals surface area contributed by atoms with Crippen molar-refractivity contribution < 1.29 is 4.84 Å². The zero-order valence-corrected chi connectivity index (χ0v) is 7.23. The van der Waals surface area contributed by atoms with E-state index in [-0.39, 0.29) is 0 Å². The van der Waals surface area contributed by atoms with Crippen LogP contribution in [0.5, 0.6) is 0 Å². The SMILES string of the molecule is NOC/C=C/C#Cc1ccccc1. The highest BCUT2D eigenvalue weighted by Crippen LogP contribution is 1.94. The zero-order chi connectivity index (χ0) is 9.36. The molecule has 0 spiro atoms. The highest BCUT2D eigenvalue weighted by atomic mass is 16.6. The Morgan fingerprint density at radius 3 is 2.77 bits per heavy atom. The Kier molecular flexibility index (Phi) is 4.41. The van der Waals surface area contributed by atoms with E-state index in [9.17, 15) is 0 Å². The second kappa shape index (κ2) is 6.01. The second-order valence-electron chi connectivity index (χ2n) is 2.37. The molecule has 0 atom stereocenters. The van der Waals surface area contributed by atoms with Gasteiger partial charge in [0.25, 0.3) is 0 Å². The van der Waals surface area contributed by atoms with Crippen LogP contribution in [0.15, 0.2) is 42.5 Å². The molecule has 0 saturated carbocycles. The third kappa shape index (κ3) is 4.12. The van der Waals surface area contributed by atoms with E-state index in [4.69, 9.17) is 5.90 Å². The fourth-order valence-electron chi connectivity index (χ4n) is 0.809. The second-order valence-corrected chi connectivity index (χ2v) is 2.37. The van der Waals surface area contributed by atoms with E-state index in [1.165, 1.54) is 0 Å². The van der Waals surface area contributed by atoms with Crippen molar-refractivity contribution in [2.45, 2.75) is 0 Å². The van der Waals surface area contributed by atoms with Crippen LogP contribution in [0, 0.1) is 11.8 Å². The van der Waals surface area contributed by atoms with Crippen LogP contribution < -0.4 is 5.90 Å². The Hall–Kier alpha value is -1.56. The van der Waals surface area contributed by atoms with E-state index < -0.39 is 0 Å². The Morgan fingerprint density at radius 2 is 2.08 bits per heavy atom. The van der Waals surface area contributed by atoms with Gasteiger partial charge in [0.1, 0.15) is 0 Å². The molecular formula is C11H11NO. The lowest BCUT2D eigenvalue weighted by Gasteiger charge is -1.85. The minimum absolute atomic E-state index is 0.392. The third-order valence-corrected chi connectivity index (χ3v) is 1.38. The van der Waals surface area contributed by atoms with Crippen molar-refractivity contribution in [2.75, 3.05) is 6.61 Å². The number of hydrogen-bond acceptors (Lipinski definition) is 2. The molecule has 0 amide bonds. The van der Waals surface area contributed by atoms with Crippen LogP contribution in [-0.4, -0.2) is 6.61 Å². The first kappa shape index (κ1) is 9.53. The van der Waals surface area contributed by atoms with Crippen LogP contribution in [-0.2, 0) is 4.84 Å². The monoisotopic (exact) mass is 173 g/mol. The largest absolute Gasteiger partial charge is 0.300 e. The van der Waals surface area contributed by atoms with E-state index in [2.05, 4.69) is 16.7 Å². The minimum Gasteiger partial charge on any atom is -0.300 e. The molecule has 2 heteroatoms. The molecule has 0 bridgehead atoms. The first-order valence-electron chi connectivity index (χ1n) is 3.97. The summed E-state index contributed by atoms with van der Waals surface area (Å²) in [5.74, 6) is 10.7. The molecule has 0 radical (unpaired) electrons. The highest BCUT2D eigenvalue weighted by Gasteiger charge is 1.78. The standard InChI is InChI=1S/C11H11NO/c12-13-10-6-2-5-9-11-7-3-1-4-8-11/h1-4,6-8H,10,12H2/b6-2+. The molecule has 0 fully saturated rings. The molecule has 66 valence electrons. The van der Waals surface area contributed by atoms with Gasteiger partial charge in [-0.1, -0.05) is 30.0 Å². The fourth-order valence-corrected chi connectivity index (χ4v) is 0.809. The molecule has 1 aromatic carbocycles. The minimum atomic E-state index is 0.392. The van der Waals surface area contributed by atoms with Crippen molar-refractivity contribution in [1.82, 2.24) is 0 Å². The fraction of sp³-hybridized carbons (Fsp3) is 0.0909. The first-order chi connectivity index (χ1) is 6.43. The van der Waals surface area contributed by atoms with Crippen molar-refractivity contribution in [3.8, 4) is 11.8 Å². The van der Waals surface area contributed by atoms with Gasteiger partial charge in [-0.05, 0) is 24.3 Å². The average Bonchev–Trinajstić information content (AvgIpc) is 2.19. The van der Waals surface area contributed by atoms with Crippen LogP contribution in [0.25, 0.3) is 0 Å². The summed E-state index contributed by atoms with van der Waals surface area (Å²) in [6.07, 6.45) is 3.48. The maximum atomic E-state index is 4.82. The van der Waals surface area contributed by atoms with Gasteiger partial charge in [0.15, 0.2) is 0 Å². The van der Waals surface area contributed by atoms with Crippen LogP contribution in [0.1, 0.15) is 5.56 Å². The molecule has 1 rings (SSSR count). The van der Waals surface area contributed by atoms with E-state index in [1.54, 1.807) is 12.2 Å². The average molecular weight is 173 g/mol. The Morgan fingerprint density at radius 1 is 1.31 bits per heavy atom. The van der Waals surface area contributed by atoms with E-state index in [0.29, 0.717) is 6.61 Å². The van der Waals surface area contributed by atoms with Crippen molar-refractivity contribution in [3.05, 3.63) is 48.0 Å². The lowest BCUT2D eigenvalue weighted by Crippen LogP contribution is -1.96. The van der Waals surface area contributed by atoms with Gasteiger partial charge in [0, 0.05) is 5.56 Å². The van der Waals surface area contributed by atoms with Crippen molar-refractivity contribution in [3.63, 3.8) is 0 Å². The van der Waals surface area contributed by atoms with Gasteiger partial charge in [-0.25, -0.2) is 5.90 Å². The number of nitrogens with two attached hydrogens (primary N) is 1. The molecule has 0 saturated heterocycles. The maximum absolute atomic E-state index is 4.82. The van der Waals surface area contributed by atoms with Crippen molar-refractivity contribution >= 4 is 0 Å². The maximum Gasteiger partial charge on any atom is 0.0869 e. The topological polar surface area (TPSA) is 35.2 Å². The normalized spacial score (nSPS) is 9.62. The molecule has 2 N–H and O–H groups in total. The number of rotatable bonds is 2. The molecule has 0 unspecified atom stereocenters. The van der Waals surface area contributed by atoms with Crippen molar-refractivity contribution in [1.29, 1.82) is 0 Å². The number of benzene rings is 1.